The van der Waals surface area contributed by atoms with Crippen LogP contribution in [0.25, 0.3) is 0 Å². The molecule has 1 aromatic carbocycles. The van der Waals surface area contributed by atoms with Gasteiger partial charge in [0, 0.05) is 25.3 Å². The number of carbonyl (C=O) groups is 1. The molecule has 3 atom stereocenters. The maximum atomic E-state index is 13.3. The fourth-order valence-electron chi connectivity index (χ4n) is 3.61. The minimum absolute atomic E-state index is 0.0185. The molecule has 6 heteroatoms. The molecule has 0 aromatic heterocycles. The third kappa shape index (κ3) is 3.19. The van der Waals surface area contributed by atoms with E-state index in [1.807, 2.05) is 4.90 Å². The van der Waals surface area contributed by atoms with Crippen molar-refractivity contribution in [3.8, 4) is 5.75 Å². The van der Waals surface area contributed by atoms with Crippen molar-refractivity contribution in [2.75, 3.05) is 27.4 Å². The third-order valence-corrected chi connectivity index (χ3v) is 4.75. The maximum Gasteiger partial charge on any atom is 0.227 e. The lowest BCUT2D eigenvalue weighted by molar-refractivity contribution is -0.149. The topological polar surface area (TPSA) is 48.0 Å². The summed E-state index contributed by atoms with van der Waals surface area (Å²) in [6.07, 6.45) is 1.98. The minimum atomic E-state index is -0.372. The van der Waals surface area contributed by atoms with Gasteiger partial charge in [0.1, 0.15) is 17.7 Å². The van der Waals surface area contributed by atoms with E-state index in [0.717, 1.165) is 12.8 Å². The first-order valence-corrected chi connectivity index (χ1v) is 7.90. The first kappa shape index (κ1) is 16.2. The monoisotopic (exact) mass is 323 g/mol. The molecule has 0 bridgehead atoms. The van der Waals surface area contributed by atoms with Crippen molar-refractivity contribution in [1.82, 2.24) is 4.90 Å². The Balaban J connectivity index is 1.73. The van der Waals surface area contributed by atoms with E-state index >= 15 is 0 Å². The van der Waals surface area contributed by atoms with E-state index in [0.29, 0.717) is 24.5 Å². The Morgan fingerprint density at radius 1 is 1.39 bits per heavy atom. The molecular weight excluding hydrogens is 301 g/mol. The highest BCUT2D eigenvalue weighted by Gasteiger charge is 2.44. The molecule has 1 aromatic rings. The Hall–Kier alpha value is -1.66. The maximum absolute atomic E-state index is 13.3. The van der Waals surface area contributed by atoms with E-state index in [2.05, 4.69) is 0 Å². The van der Waals surface area contributed by atoms with E-state index < -0.39 is 0 Å². The van der Waals surface area contributed by atoms with Gasteiger partial charge >= 0.3 is 0 Å². The molecule has 0 N–H and O–H groups in total. The predicted octanol–water partition coefficient (Wildman–Crippen LogP) is 1.78. The molecule has 1 aliphatic carbocycles. The van der Waals surface area contributed by atoms with E-state index in [9.17, 15) is 9.18 Å². The van der Waals surface area contributed by atoms with Gasteiger partial charge in [0.25, 0.3) is 0 Å². The highest BCUT2D eigenvalue weighted by Crippen LogP contribution is 2.32. The lowest BCUT2D eigenvalue weighted by atomic mass is 10.1. The van der Waals surface area contributed by atoms with E-state index in [-0.39, 0.29) is 36.4 Å². The number of hydrogen-bond donors (Lipinski definition) is 0. The van der Waals surface area contributed by atoms with Crippen LogP contribution in [0, 0.1) is 5.82 Å². The molecule has 1 aliphatic heterocycles. The van der Waals surface area contributed by atoms with Gasteiger partial charge in [-0.05, 0) is 18.9 Å². The van der Waals surface area contributed by atoms with Crippen LogP contribution in [-0.2, 0) is 20.7 Å². The number of halogens is 1. The Morgan fingerprint density at radius 3 is 2.96 bits per heavy atom. The number of hydrogen-bond acceptors (Lipinski definition) is 4. The average Bonchev–Trinajstić information content (AvgIpc) is 2.99. The molecule has 1 heterocycles. The largest absolute Gasteiger partial charge is 0.496 e. The molecule has 23 heavy (non-hydrogen) atoms. The summed E-state index contributed by atoms with van der Waals surface area (Å²) in [6.45, 7) is 1.10. The van der Waals surface area contributed by atoms with Gasteiger partial charge in [0.05, 0.1) is 32.3 Å². The van der Waals surface area contributed by atoms with Crippen LogP contribution in [-0.4, -0.2) is 56.4 Å². The quantitative estimate of drug-likeness (QED) is 0.847. The number of nitrogens with zero attached hydrogens (tertiary/aromatic N) is 1. The highest BCUT2D eigenvalue weighted by atomic mass is 19.1. The number of benzene rings is 1. The first-order valence-electron chi connectivity index (χ1n) is 7.90. The molecule has 1 amide bonds. The summed E-state index contributed by atoms with van der Waals surface area (Å²) in [5.41, 5.74) is 0.697. The second-order valence-electron chi connectivity index (χ2n) is 5.97. The summed E-state index contributed by atoms with van der Waals surface area (Å²) < 4.78 is 29.7. The van der Waals surface area contributed by atoms with Crippen LogP contribution in [0.1, 0.15) is 18.4 Å². The smallest absolute Gasteiger partial charge is 0.227 e. The zero-order valence-electron chi connectivity index (χ0n) is 13.5. The predicted molar refractivity (Wildman–Crippen MR) is 81.9 cm³/mol. The lowest BCUT2D eigenvalue weighted by Crippen LogP contribution is -2.54. The van der Waals surface area contributed by atoms with Gasteiger partial charge in [-0.3, -0.25) is 4.79 Å². The molecule has 1 saturated carbocycles. The van der Waals surface area contributed by atoms with Crippen LogP contribution < -0.4 is 4.74 Å². The number of ether oxygens (including phenoxy) is 3. The van der Waals surface area contributed by atoms with E-state index in [1.54, 1.807) is 13.2 Å². The second-order valence-corrected chi connectivity index (χ2v) is 5.97. The van der Waals surface area contributed by atoms with Crippen molar-refractivity contribution in [3.63, 3.8) is 0 Å². The second kappa shape index (κ2) is 6.84. The first-order chi connectivity index (χ1) is 11.1. The van der Waals surface area contributed by atoms with Crippen LogP contribution in [0.3, 0.4) is 0 Å². The Bertz CT molecular complexity index is 580. The number of morpholine rings is 1. The summed E-state index contributed by atoms with van der Waals surface area (Å²) in [7, 11) is 3.16. The Kier molecular flexibility index (Phi) is 4.82. The molecular formula is C17H22FNO4. The van der Waals surface area contributed by atoms with Gasteiger partial charge in [-0.1, -0.05) is 6.07 Å². The third-order valence-electron chi connectivity index (χ3n) is 4.75. The standard InChI is InChI=1S/C17H22FNO4/c1-21-14-6-5-13-17(14)23-8-7-19(13)16(20)9-11-3-4-12(18)10-15(11)22-2/h3-4,10,13-14,17H,5-9H2,1-2H3/t13-,14+,17+/m0/s1. The molecule has 126 valence electrons. The number of methoxy groups -OCH3 is 2. The summed E-state index contributed by atoms with van der Waals surface area (Å²) >= 11 is 0. The molecule has 2 aliphatic rings. The molecule has 0 spiro atoms. The summed E-state index contributed by atoms with van der Waals surface area (Å²) in [5.74, 6) is 0.0533. The van der Waals surface area contributed by atoms with E-state index in [4.69, 9.17) is 14.2 Å². The molecule has 2 fully saturated rings. The lowest BCUT2D eigenvalue weighted by Gasteiger charge is -2.39. The number of carbonyl (C=O) groups excluding carboxylic acids is 1. The Morgan fingerprint density at radius 2 is 2.22 bits per heavy atom. The Labute approximate surface area is 135 Å². The van der Waals surface area contributed by atoms with Gasteiger partial charge in [-0.15, -0.1) is 0 Å². The van der Waals surface area contributed by atoms with Gasteiger partial charge in [-0.25, -0.2) is 4.39 Å². The van der Waals surface area contributed by atoms with Crippen LogP contribution in [0.2, 0.25) is 0 Å². The van der Waals surface area contributed by atoms with Crippen LogP contribution in [0.15, 0.2) is 18.2 Å². The molecule has 1 saturated heterocycles. The molecule has 3 rings (SSSR count). The highest BCUT2D eigenvalue weighted by molar-refractivity contribution is 5.80. The zero-order chi connectivity index (χ0) is 16.4. The normalized spacial score (nSPS) is 26.9. The molecule has 0 radical (unpaired) electrons. The minimum Gasteiger partial charge on any atom is -0.496 e. The number of rotatable bonds is 4. The van der Waals surface area contributed by atoms with Crippen LogP contribution in [0.4, 0.5) is 4.39 Å². The van der Waals surface area contributed by atoms with Crippen molar-refractivity contribution < 1.29 is 23.4 Å². The number of amides is 1. The van der Waals surface area contributed by atoms with E-state index in [1.165, 1.54) is 19.2 Å². The fraction of sp³-hybridized carbons (Fsp3) is 0.588. The summed E-state index contributed by atoms with van der Waals surface area (Å²) in [5, 5.41) is 0. The summed E-state index contributed by atoms with van der Waals surface area (Å²) in [6, 6.07) is 4.33. The fourth-order valence-corrected chi connectivity index (χ4v) is 3.61. The van der Waals surface area contributed by atoms with Crippen molar-refractivity contribution in [2.24, 2.45) is 0 Å². The van der Waals surface area contributed by atoms with Gasteiger partial charge in [0.2, 0.25) is 5.91 Å². The van der Waals surface area contributed by atoms with Crippen molar-refractivity contribution in [1.29, 1.82) is 0 Å². The van der Waals surface area contributed by atoms with Crippen LogP contribution >= 0.6 is 0 Å². The summed E-state index contributed by atoms with van der Waals surface area (Å²) in [4.78, 5) is 14.6. The molecule has 0 unspecified atom stereocenters. The van der Waals surface area contributed by atoms with Crippen molar-refractivity contribution >= 4 is 5.91 Å². The van der Waals surface area contributed by atoms with Crippen LogP contribution in [0.5, 0.6) is 5.75 Å². The van der Waals surface area contributed by atoms with Gasteiger partial charge in [-0.2, -0.15) is 0 Å². The van der Waals surface area contributed by atoms with Gasteiger partial charge < -0.3 is 19.1 Å². The number of fused-ring (bicyclic) bond motifs is 1. The van der Waals surface area contributed by atoms with Gasteiger partial charge in [0.15, 0.2) is 0 Å². The SMILES string of the molecule is COc1cc(F)ccc1CC(=O)N1CCO[C@H]2[C@H](OC)CC[C@@H]21. The van der Waals surface area contributed by atoms with Crippen molar-refractivity contribution in [2.45, 2.75) is 37.5 Å². The average molecular weight is 323 g/mol. The van der Waals surface area contributed by atoms with Crippen molar-refractivity contribution in [3.05, 3.63) is 29.6 Å². The zero-order valence-corrected chi connectivity index (χ0v) is 13.5. The molecule has 5 nitrogen and oxygen atoms in total.